The van der Waals surface area contributed by atoms with Gasteiger partial charge < -0.3 is 15.0 Å². The molecule has 1 fully saturated rings. The number of nitrogens with zero attached hydrogens (tertiary/aromatic N) is 3. The second-order valence-electron chi connectivity index (χ2n) is 7.80. The minimum atomic E-state index is -0.0349. The molecule has 32 heavy (non-hydrogen) atoms. The summed E-state index contributed by atoms with van der Waals surface area (Å²) in [6, 6.07) is 20.7. The van der Waals surface area contributed by atoms with E-state index in [0.717, 1.165) is 24.0 Å². The molecule has 1 aromatic heterocycles. The number of hydrogen-bond donors (Lipinski definition) is 1. The first-order chi connectivity index (χ1) is 15.6. The lowest BCUT2D eigenvalue weighted by molar-refractivity contribution is -0.121. The summed E-state index contributed by atoms with van der Waals surface area (Å²) in [6.07, 6.45) is 1.84. The van der Waals surface area contributed by atoms with E-state index in [1.807, 2.05) is 59.5 Å². The van der Waals surface area contributed by atoms with Gasteiger partial charge in [-0.2, -0.15) is 0 Å². The Morgan fingerprint density at radius 2 is 1.69 bits per heavy atom. The molecule has 0 aliphatic carbocycles. The van der Waals surface area contributed by atoms with Crippen LogP contribution in [0.5, 0.6) is 5.88 Å². The highest BCUT2D eigenvalue weighted by molar-refractivity contribution is 6.00. The standard InChI is InChI=1S/C25H26N4O3/c1-32-24-12-11-22(27-28-24)20-9-5-6-10-21(20)25(31)29-15-13-19(14-16-29)26-23(30)17-18-7-3-2-4-8-18/h2-12,19H,13-17H2,1H3,(H,26,30). The third-order valence-corrected chi connectivity index (χ3v) is 5.64. The minimum Gasteiger partial charge on any atom is -0.480 e. The maximum atomic E-state index is 13.3. The van der Waals surface area contributed by atoms with Crippen LogP contribution in [0, 0.1) is 0 Å². The van der Waals surface area contributed by atoms with E-state index in [9.17, 15) is 9.59 Å². The van der Waals surface area contributed by atoms with Gasteiger partial charge in [0, 0.05) is 36.3 Å². The van der Waals surface area contributed by atoms with E-state index in [2.05, 4.69) is 15.5 Å². The van der Waals surface area contributed by atoms with Crippen LogP contribution in [0.1, 0.15) is 28.8 Å². The van der Waals surface area contributed by atoms with Gasteiger partial charge in [-0.3, -0.25) is 9.59 Å². The smallest absolute Gasteiger partial charge is 0.254 e. The number of hydrogen-bond acceptors (Lipinski definition) is 5. The van der Waals surface area contributed by atoms with Crippen molar-refractivity contribution in [3.8, 4) is 17.1 Å². The van der Waals surface area contributed by atoms with Crippen molar-refractivity contribution in [2.45, 2.75) is 25.3 Å². The number of methoxy groups -OCH3 is 1. The zero-order valence-electron chi connectivity index (χ0n) is 18.0. The maximum Gasteiger partial charge on any atom is 0.254 e. The Hall–Kier alpha value is -3.74. The van der Waals surface area contributed by atoms with Crippen molar-refractivity contribution in [2.24, 2.45) is 0 Å². The summed E-state index contributed by atoms with van der Waals surface area (Å²) in [4.78, 5) is 27.4. The van der Waals surface area contributed by atoms with E-state index in [1.165, 1.54) is 7.11 Å². The molecule has 0 unspecified atom stereocenters. The van der Waals surface area contributed by atoms with Gasteiger partial charge in [0.25, 0.3) is 5.91 Å². The second kappa shape index (κ2) is 10.0. The lowest BCUT2D eigenvalue weighted by atomic mass is 10.00. The van der Waals surface area contributed by atoms with Crippen LogP contribution in [0.2, 0.25) is 0 Å². The molecule has 2 heterocycles. The Morgan fingerprint density at radius 3 is 2.38 bits per heavy atom. The predicted molar refractivity (Wildman–Crippen MR) is 121 cm³/mol. The molecule has 0 radical (unpaired) electrons. The van der Waals surface area contributed by atoms with E-state index in [4.69, 9.17) is 4.74 Å². The highest BCUT2D eigenvalue weighted by Gasteiger charge is 2.26. The van der Waals surface area contributed by atoms with E-state index >= 15 is 0 Å². The minimum absolute atomic E-state index is 0.0180. The fraction of sp³-hybridized carbons (Fsp3) is 0.280. The summed E-state index contributed by atoms with van der Waals surface area (Å²) >= 11 is 0. The molecule has 0 spiro atoms. The molecule has 1 N–H and O–H groups in total. The summed E-state index contributed by atoms with van der Waals surface area (Å²) in [5.74, 6) is 0.408. The number of carbonyl (C=O) groups is 2. The quantitative estimate of drug-likeness (QED) is 0.650. The van der Waals surface area contributed by atoms with Crippen LogP contribution in [0.3, 0.4) is 0 Å². The van der Waals surface area contributed by atoms with Gasteiger partial charge in [0.2, 0.25) is 11.8 Å². The summed E-state index contributed by atoms with van der Waals surface area (Å²) < 4.78 is 5.07. The maximum absolute atomic E-state index is 13.3. The van der Waals surface area contributed by atoms with Gasteiger partial charge in [-0.1, -0.05) is 48.5 Å². The fourth-order valence-corrected chi connectivity index (χ4v) is 3.92. The van der Waals surface area contributed by atoms with E-state index in [-0.39, 0.29) is 17.9 Å². The first-order valence-electron chi connectivity index (χ1n) is 10.7. The molecule has 1 aliphatic rings. The van der Waals surface area contributed by atoms with Crippen LogP contribution in [0.4, 0.5) is 0 Å². The van der Waals surface area contributed by atoms with Crippen molar-refractivity contribution in [3.05, 3.63) is 77.9 Å². The Morgan fingerprint density at radius 1 is 0.969 bits per heavy atom. The average molecular weight is 431 g/mol. The molecule has 1 saturated heterocycles. The van der Waals surface area contributed by atoms with Gasteiger partial charge in [0.1, 0.15) is 0 Å². The Bertz CT molecular complexity index is 1060. The second-order valence-corrected chi connectivity index (χ2v) is 7.80. The van der Waals surface area contributed by atoms with Gasteiger partial charge in [-0.25, -0.2) is 0 Å². The van der Waals surface area contributed by atoms with Crippen molar-refractivity contribution in [2.75, 3.05) is 20.2 Å². The normalized spacial score (nSPS) is 14.1. The van der Waals surface area contributed by atoms with Crippen LogP contribution >= 0.6 is 0 Å². The Balaban J connectivity index is 1.37. The van der Waals surface area contributed by atoms with Gasteiger partial charge >= 0.3 is 0 Å². The molecule has 0 bridgehead atoms. The monoisotopic (exact) mass is 430 g/mol. The van der Waals surface area contributed by atoms with Crippen LogP contribution in [0.25, 0.3) is 11.3 Å². The number of benzene rings is 2. The molecule has 7 heteroatoms. The first-order valence-corrected chi connectivity index (χ1v) is 10.7. The van der Waals surface area contributed by atoms with Crippen molar-refractivity contribution >= 4 is 11.8 Å². The molecular formula is C25H26N4O3. The molecule has 2 aromatic carbocycles. The largest absolute Gasteiger partial charge is 0.480 e. The number of piperidine rings is 1. The topological polar surface area (TPSA) is 84.4 Å². The van der Waals surface area contributed by atoms with Crippen LogP contribution in [0.15, 0.2) is 66.7 Å². The van der Waals surface area contributed by atoms with Gasteiger partial charge in [-0.15, -0.1) is 10.2 Å². The number of ether oxygens (including phenoxy) is 1. The molecule has 164 valence electrons. The van der Waals surface area contributed by atoms with Crippen molar-refractivity contribution in [3.63, 3.8) is 0 Å². The average Bonchev–Trinajstić information content (AvgIpc) is 2.85. The lowest BCUT2D eigenvalue weighted by Crippen LogP contribution is -2.47. The third-order valence-electron chi connectivity index (χ3n) is 5.64. The molecule has 3 aromatic rings. The summed E-state index contributed by atoms with van der Waals surface area (Å²) in [6.45, 7) is 1.19. The van der Waals surface area contributed by atoms with Crippen LogP contribution in [-0.2, 0) is 11.2 Å². The highest BCUT2D eigenvalue weighted by Crippen LogP contribution is 2.25. The molecule has 0 atom stereocenters. The molecule has 4 rings (SSSR count). The zero-order valence-corrected chi connectivity index (χ0v) is 18.0. The number of nitrogens with one attached hydrogen (secondary N) is 1. The van der Waals surface area contributed by atoms with E-state index in [0.29, 0.717) is 36.6 Å². The van der Waals surface area contributed by atoms with Gasteiger partial charge in [-0.05, 0) is 30.5 Å². The molecule has 7 nitrogen and oxygen atoms in total. The molecule has 1 aliphatic heterocycles. The Kier molecular flexibility index (Phi) is 6.75. The number of carbonyl (C=O) groups excluding carboxylic acids is 2. The number of aromatic nitrogens is 2. The summed E-state index contributed by atoms with van der Waals surface area (Å²) in [7, 11) is 1.54. The third kappa shape index (κ3) is 5.11. The van der Waals surface area contributed by atoms with Crippen molar-refractivity contribution in [1.82, 2.24) is 20.4 Å². The predicted octanol–water partition coefficient (Wildman–Crippen LogP) is 3.12. The van der Waals surface area contributed by atoms with Gasteiger partial charge in [0.05, 0.1) is 19.2 Å². The van der Waals surface area contributed by atoms with Crippen LogP contribution in [-0.4, -0.2) is 53.2 Å². The van der Waals surface area contributed by atoms with Crippen LogP contribution < -0.4 is 10.1 Å². The summed E-state index contributed by atoms with van der Waals surface area (Å²) in [5, 5.41) is 11.3. The number of amides is 2. The number of rotatable bonds is 6. The summed E-state index contributed by atoms with van der Waals surface area (Å²) in [5.41, 5.74) is 2.96. The molecule has 2 amide bonds. The van der Waals surface area contributed by atoms with E-state index in [1.54, 1.807) is 12.1 Å². The lowest BCUT2D eigenvalue weighted by Gasteiger charge is -2.33. The Labute approximate surface area is 187 Å². The fourth-order valence-electron chi connectivity index (χ4n) is 3.92. The SMILES string of the molecule is COc1ccc(-c2ccccc2C(=O)N2CCC(NC(=O)Cc3ccccc3)CC2)nn1. The highest BCUT2D eigenvalue weighted by atomic mass is 16.5. The van der Waals surface area contributed by atoms with E-state index < -0.39 is 0 Å². The van der Waals surface area contributed by atoms with Crippen molar-refractivity contribution in [1.29, 1.82) is 0 Å². The number of likely N-dealkylation sites (tertiary alicyclic amines) is 1. The first kappa shape index (κ1) is 21.5. The van der Waals surface area contributed by atoms with Gasteiger partial charge in [0.15, 0.2) is 0 Å². The molecule has 0 saturated carbocycles. The van der Waals surface area contributed by atoms with Crippen molar-refractivity contribution < 1.29 is 14.3 Å². The zero-order chi connectivity index (χ0) is 22.3. The molecular weight excluding hydrogens is 404 g/mol.